The molecule has 1 aromatic rings. The van der Waals surface area contributed by atoms with E-state index < -0.39 is 77.5 Å². The van der Waals surface area contributed by atoms with Gasteiger partial charge in [0.15, 0.2) is 17.4 Å². The second kappa shape index (κ2) is 8.21. The molecule has 1 saturated heterocycles. The van der Waals surface area contributed by atoms with Crippen molar-refractivity contribution in [2.24, 2.45) is 0 Å². The number of benzene rings is 1. The smallest absolute Gasteiger partial charge is 0.254 e. The van der Waals surface area contributed by atoms with E-state index in [-0.39, 0.29) is 0 Å². The number of amides is 1. The molecule has 1 aliphatic rings. The Kier molecular flexibility index (Phi) is 6.56. The van der Waals surface area contributed by atoms with Crippen LogP contribution < -0.4 is 10.1 Å². The van der Waals surface area contributed by atoms with Crippen molar-refractivity contribution >= 4 is 5.91 Å². The van der Waals surface area contributed by atoms with E-state index in [4.69, 9.17) is 14.6 Å². The van der Waals surface area contributed by atoms with Crippen molar-refractivity contribution in [2.75, 3.05) is 6.61 Å². The molecule has 0 aliphatic carbocycles. The molecule has 1 aromatic carbocycles. The average molecular weight is 409 g/mol. The second-order valence-electron chi connectivity index (χ2n) is 7.38. The molecule has 28 heavy (non-hydrogen) atoms. The van der Waals surface area contributed by atoms with E-state index in [2.05, 4.69) is 5.32 Å². The number of hydrogen-bond donors (Lipinski definition) is 5. The first-order valence-electron chi connectivity index (χ1n) is 8.34. The molecule has 2 rings (SSSR count). The van der Waals surface area contributed by atoms with Crippen molar-refractivity contribution in [3.05, 3.63) is 29.1 Å². The fraction of sp³-hybridized carbons (Fsp3) is 0.588. The maximum absolute atomic E-state index is 14.7. The summed E-state index contributed by atoms with van der Waals surface area (Å²) >= 11 is 0. The minimum Gasteiger partial charge on any atom is -0.456 e. The lowest BCUT2D eigenvalue weighted by Crippen LogP contribution is -2.60. The number of aliphatic hydroxyl groups is 4. The van der Waals surface area contributed by atoms with Crippen LogP contribution in [-0.2, 0) is 4.74 Å². The average Bonchev–Trinajstić information content (AvgIpc) is 2.60. The molecule has 1 heterocycles. The lowest BCUT2D eigenvalue weighted by molar-refractivity contribution is -0.278. The monoisotopic (exact) mass is 409 g/mol. The first kappa shape index (κ1) is 22.4. The third-order valence-corrected chi connectivity index (χ3v) is 3.93. The third-order valence-electron chi connectivity index (χ3n) is 3.93. The van der Waals surface area contributed by atoms with Crippen molar-refractivity contribution in [1.29, 1.82) is 0 Å². The van der Waals surface area contributed by atoms with Crippen molar-refractivity contribution in [3.8, 4) is 5.75 Å². The van der Waals surface area contributed by atoms with Gasteiger partial charge in [0.2, 0.25) is 12.1 Å². The van der Waals surface area contributed by atoms with E-state index in [0.29, 0.717) is 6.07 Å². The van der Waals surface area contributed by atoms with E-state index in [1.165, 1.54) is 0 Å². The van der Waals surface area contributed by atoms with Crippen LogP contribution in [0.3, 0.4) is 0 Å². The van der Waals surface area contributed by atoms with Crippen LogP contribution in [0.2, 0.25) is 0 Å². The van der Waals surface area contributed by atoms with Crippen LogP contribution in [0.5, 0.6) is 5.75 Å². The molecule has 1 amide bonds. The van der Waals surface area contributed by atoms with E-state index in [1.54, 1.807) is 20.8 Å². The summed E-state index contributed by atoms with van der Waals surface area (Å²) in [6.45, 7) is 3.97. The number of carbonyl (C=O) groups is 1. The SMILES string of the molecule is CC(C)(C)NC(=O)c1cc(F)c(F)c(OC2OC(CO)C(O)C(O)C2O)c1F. The Labute approximate surface area is 158 Å². The number of ether oxygens (including phenoxy) is 2. The summed E-state index contributed by atoms with van der Waals surface area (Å²) in [5.41, 5.74) is -1.65. The molecule has 1 aliphatic heterocycles. The van der Waals surface area contributed by atoms with Gasteiger partial charge in [0.1, 0.15) is 24.4 Å². The number of halogens is 3. The highest BCUT2D eigenvalue weighted by Crippen LogP contribution is 2.31. The van der Waals surface area contributed by atoms with Gasteiger partial charge in [0.05, 0.1) is 12.2 Å². The minimum absolute atomic E-state index is 0.353. The van der Waals surface area contributed by atoms with Crippen LogP contribution in [-0.4, -0.2) is 69.2 Å². The highest BCUT2D eigenvalue weighted by molar-refractivity contribution is 5.95. The van der Waals surface area contributed by atoms with Gasteiger partial charge in [0, 0.05) is 5.54 Å². The molecule has 8 nitrogen and oxygen atoms in total. The van der Waals surface area contributed by atoms with Crippen molar-refractivity contribution in [2.45, 2.75) is 57.0 Å². The molecule has 0 bridgehead atoms. The fourth-order valence-corrected chi connectivity index (χ4v) is 2.54. The molecule has 1 fully saturated rings. The summed E-state index contributed by atoms with van der Waals surface area (Å²) in [5.74, 6) is -7.34. The standard InChI is InChI=1S/C17H22F3NO7/c1-17(2,3)21-15(26)6-4-7(18)10(20)14(9(6)19)28-16-13(25)12(24)11(23)8(5-22)27-16/h4,8,11-13,16,22-25H,5H2,1-3H3,(H,21,26). The number of nitrogens with one attached hydrogen (secondary N) is 1. The van der Waals surface area contributed by atoms with E-state index in [0.717, 1.165) is 0 Å². The molecule has 0 spiro atoms. The number of carbonyl (C=O) groups excluding carboxylic acids is 1. The van der Waals surface area contributed by atoms with Gasteiger partial charge in [-0.05, 0) is 26.8 Å². The largest absolute Gasteiger partial charge is 0.456 e. The van der Waals surface area contributed by atoms with E-state index >= 15 is 0 Å². The van der Waals surface area contributed by atoms with Crippen molar-refractivity contribution < 1.29 is 47.9 Å². The number of hydrogen-bond acceptors (Lipinski definition) is 7. The Balaban J connectivity index is 2.39. The van der Waals surface area contributed by atoms with Gasteiger partial charge in [-0.1, -0.05) is 0 Å². The zero-order chi connectivity index (χ0) is 21.4. The van der Waals surface area contributed by atoms with Gasteiger partial charge in [-0.15, -0.1) is 0 Å². The van der Waals surface area contributed by atoms with Crippen LogP contribution in [0.15, 0.2) is 6.07 Å². The molecule has 5 N–H and O–H groups in total. The van der Waals surface area contributed by atoms with Gasteiger partial charge in [-0.2, -0.15) is 4.39 Å². The molecule has 0 aromatic heterocycles. The summed E-state index contributed by atoms with van der Waals surface area (Å²) < 4.78 is 52.5. The van der Waals surface area contributed by atoms with Crippen LogP contribution in [0, 0.1) is 17.5 Å². The van der Waals surface area contributed by atoms with Crippen LogP contribution in [0.25, 0.3) is 0 Å². The Morgan fingerprint density at radius 1 is 1.14 bits per heavy atom. The molecular formula is C17H22F3NO7. The van der Waals surface area contributed by atoms with Crippen LogP contribution in [0.4, 0.5) is 13.2 Å². The maximum atomic E-state index is 14.7. The summed E-state index contributed by atoms with van der Waals surface area (Å²) in [5, 5.41) is 40.8. The zero-order valence-electron chi connectivity index (χ0n) is 15.3. The molecule has 5 unspecified atom stereocenters. The lowest BCUT2D eigenvalue weighted by Gasteiger charge is -2.39. The van der Waals surface area contributed by atoms with Crippen LogP contribution in [0.1, 0.15) is 31.1 Å². The predicted molar refractivity (Wildman–Crippen MR) is 87.9 cm³/mol. The second-order valence-corrected chi connectivity index (χ2v) is 7.38. The van der Waals surface area contributed by atoms with Gasteiger partial charge in [-0.25, -0.2) is 8.78 Å². The van der Waals surface area contributed by atoms with Crippen LogP contribution >= 0.6 is 0 Å². The predicted octanol–water partition coefficient (Wildman–Crippen LogP) is -0.189. The summed E-state index contributed by atoms with van der Waals surface area (Å²) in [7, 11) is 0. The molecule has 5 atom stereocenters. The summed E-state index contributed by atoms with van der Waals surface area (Å²) in [6.07, 6.45) is -8.95. The first-order chi connectivity index (χ1) is 12.9. The molecule has 0 radical (unpaired) electrons. The topological polar surface area (TPSA) is 128 Å². The number of rotatable bonds is 4. The fourth-order valence-electron chi connectivity index (χ4n) is 2.54. The molecule has 158 valence electrons. The Hall–Kier alpha value is -1.92. The summed E-state index contributed by atoms with van der Waals surface area (Å²) in [6, 6.07) is 0.353. The van der Waals surface area contributed by atoms with Gasteiger partial charge in [0.25, 0.3) is 5.91 Å². The molecular weight excluding hydrogens is 387 g/mol. The van der Waals surface area contributed by atoms with E-state index in [9.17, 15) is 33.3 Å². The number of aliphatic hydroxyl groups excluding tert-OH is 4. The van der Waals surface area contributed by atoms with Gasteiger partial charge < -0.3 is 35.2 Å². The van der Waals surface area contributed by atoms with Crippen molar-refractivity contribution in [3.63, 3.8) is 0 Å². The van der Waals surface area contributed by atoms with E-state index in [1.807, 2.05) is 0 Å². The highest BCUT2D eigenvalue weighted by Gasteiger charge is 2.45. The summed E-state index contributed by atoms with van der Waals surface area (Å²) in [4.78, 5) is 12.2. The normalized spacial score (nSPS) is 28.1. The quantitative estimate of drug-likeness (QED) is 0.436. The van der Waals surface area contributed by atoms with Crippen molar-refractivity contribution in [1.82, 2.24) is 5.32 Å². The molecule has 11 heteroatoms. The molecule has 0 saturated carbocycles. The lowest BCUT2D eigenvalue weighted by atomic mass is 9.99. The highest BCUT2D eigenvalue weighted by atomic mass is 19.2. The Morgan fingerprint density at radius 2 is 1.75 bits per heavy atom. The minimum atomic E-state index is -1.98. The first-order valence-corrected chi connectivity index (χ1v) is 8.34. The Bertz CT molecular complexity index is 738. The maximum Gasteiger partial charge on any atom is 0.254 e. The Morgan fingerprint density at radius 3 is 2.29 bits per heavy atom. The third kappa shape index (κ3) is 4.55. The van der Waals surface area contributed by atoms with Gasteiger partial charge >= 0.3 is 0 Å². The van der Waals surface area contributed by atoms with Gasteiger partial charge in [-0.3, -0.25) is 4.79 Å². The zero-order valence-corrected chi connectivity index (χ0v) is 15.3.